The van der Waals surface area contributed by atoms with Gasteiger partial charge in [0.1, 0.15) is 11.6 Å². The molecule has 14 heteroatoms. The maximum Gasteiger partial charge on any atom is 0.490 e. The summed E-state index contributed by atoms with van der Waals surface area (Å²) >= 11 is 0. The summed E-state index contributed by atoms with van der Waals surface area (Å²) in [7, 11) is 1.59. The summed E-state index contributed by atoms with van der Waals surface area (Å²) in [6, 6.07) is 13.8. The molecule has 2 rings (SSSR count). The Kier molecular flexibility index (Phi) is 14.4. The molecule has 0 fully saturated rings. The van der Waals surface area contributed by atoms with Gasteiger partial charge in [-0.25, -0.2) is 4.79 Å². The second-order valence-electron chi connectivity index (χ2n) is 8.79. The van der Waals surface area contributed by atoms with Crippen molar-refractivity contribution in [2.75, 3.05) is 13.7 Å². The number of amides is 2. The molecule has 1 atom stereocenters. The maximum atomic E-state index is 12.3. The first-order valence-corrected chi connectivity index (χ1v) is 12.4. The fourth-order valence-electron chi connectivity index (χ4n) is 3.41. The standard InChI is InChI=1S/C25H32N4O5.C2HF3O2/c1-34-21-11-6-17(7-12-21)8-13-22(30)29-20(16-24(32)33)3-2-14-28-23(31)15-18-4-9-19(10-5-18)25(26)27;3-2(4,5)1(6)7/h4-7,9-12,20H,2-3,8,13-16H2,1H3,(H3,26,27)(H,28,31)(H,29,30)(H,32,33);(H,6,7)/t20-;/m0./s1. The van der Waals surface area contributed by atoms with E-state index < -0.39 is 24.2 Å². The number of carbonyl (C=O) groups excluding carboxylic acids is 2. The van der Waals surface area contributed by atoms with Gasteiger partial charge >= 0.3 is 18.1 Å². The SMILES string of the molecule is COc1ccc(CCC(=O)N[C@@H](CCCNC(=O)Cc2ccc(C(=N)N)cc2)CC(=O)O)cc1.O=C(O)C(F)(F)F. The normalized spacial score (nSPS) is 11.3. The quantitative estimate of drug-likeness (QED) is 0.111. The van der Waals surface area contributed by atoms with Gasteiger partial charge in [0.05, 0.1) is 20.0 Å². The van der Waals surface area contributed by atoms with Crippen LogP contribution in [0.1, 0.15) is 42.4 Å². The summed E-state index contributed by atoms with van der Waals surface area (Å²) in [5.41, 5.74) is 7.81. The average Bonchev–Trinajstić information content (AvgIpc) is 2.90. The van der Waals surface area contributed by atoms with Crippen LogP contribution in [-0.4, -0.2) is 65.7 Å². The van der Waals surface area contributed by atoms with Crippen molar-refractivity contribution < 1.29 is 47.3 Å². The largest absolute Gasteiger partial charge is 0.497 e. The third-order valence-electron chi connectivity index (χ3n) is 5.51. The van der Waals surface area contributed by atoms with E-state index >= 15 is 0 Å². The van der Waals surface area contributed by atoms with Gasteiger partial charge in [0, 0.05) is 24.6 Å². The number of nitrogens with one attached hydrogen (secondary N) is 3. The summed E-state index contributed by atoms with van der Waals surface area (Å²) in [4.78, 5) is 44.5. The first-order valence-electron chi connectivity index (χ1n) is 12.4. The smallest absolute Gasteiger partial charge is 0.490 e. The Morgan fingerprint density at radius 1 is 0.976 bits per heavy atom. The fraction of sp³-hybridized carbons (Fsp3) is 0.370. The third-order valence-corrected chi connectivity index (χ3v) is 5.51. The number of carboxylic acids is 2. The molecule has 0 radical (unpaired) electrons. The molecule has 0 spiro atoms. The van der Waals surface area contributed by atoms with Crippen LogP contribution in [0.4, 0.5) is 13.2 Å². The van der Waals surface area contributed by atoms with Crippen molar-refractivity contribution in [3.05, 3.63) is 65.2 Å². The number of alkyl halides is 3. The molecule has 7 N–H and O–H groups in total. The van der Waals surface area contributed by atoms with Gasteiger partial charge in [0.25, 0.3) is 0 Å². The van der Waals surface area contributed by atoms with Crippen LogP contribution >= 0.6 is 0 Å². The molecule has 2 aromatic carbocycles. The molecule has 0 unspecified atom stereocenters. The van der Waals surface area contributed by atoms with Gasteiger partial charge in [0.2, 0.25) is 11.8 Å². The zero-order valence-corrected chi connectivity index (χ0v) is 22.3. The van der Waals surface area contributed by atoms with Crippen molar-refractivity contribution >= 4 is 29.6 Å². The average molecular weight is 583 g/mol. The monoisotopic (exact) mass is 582 g/mol. The number of aryl methyl sites for hydroxylation is 1. The first kappa shape index (κ1) is 34.4. The van der Waals surface area contributed by atoms with Crippen LogP contribution in [0.25, 0.3) is 0 Å². The number of aliphatic carboxylic acids is 2. The van der Waals surface area contributed by atoms with E-state index in [0.29, 0.717) is 31.4 Å². The van der Waals surface area contributed by atoms with E-state index in [1.54, 1.807) is 31.4 Å². The Hall–Kier alpha value is -4.62. The Balaban J connectivity index is 0.00000106. The molecular formula is C27H33F3N4O7. The number of amidine groups is 1. The Bertz CT molecular complexity index is 1170. The van der Waals surface area contributed by atoms with E-state index in [9.17, 15) is 27.6 Å². The molecule has 0 aliphatic rings. The van der Waals surface area contributed by atoms with E-state index in [0.717, 1.165) is 16.9 Å². The number of nitrogen functional groups attached to an aromatic ring is 1. The molecule has 0 heterocycles. The van der Waals surface area contributed by atoms with Gasteiger partial charge < -0.3 is 31.3 Å². The van der Waals surface area contributed by atoms with Crippen LogP contribution in [0.2, 0.25) is 0 Å². The number of rotatable bonds is 14. The van der Waals surface area contributed by atoms with Gasteiger partial charge in [0.15, 0.2) is 0 Å². The molecule has 0 aliphatic heterocycles. The molecule has 0 saturated carbocycles. The number of methoxy groups -OCH3 is 1. The summed E-state index contributed by atoms with van der Waals surface area (Å²) in [5, 5.41) is 29.3. The molecule has 224 valence electrons. The lowest BCUT2D eigenvalue weighted by molar-refractivity contribution is -0.192. The fourth-order valence-corrected chi connectivity index (χ4v) is 3.41. The topological polar surface area (TPSA) is 192 Å². The van der Waals surface area contributed by atoms with Crippen molar-refractivity contribution in [2.24, 2.45) is 5.73 Å². The number of nitrogens with two attached hydrogens (primary N) is 1. The highest BCUT2D eigenvalue weighted by molar-refractivity contribution is 5.95. The second-order valence-corrected chi connectivity index (χ2v) is 8.79. The minimum absolute atomic E-state index is 0.0280. The van der Waals surface area contributed by atoms with E-state index in [2.05, 4.69) is 10.6 Å². The molecule has 0 bridgehead atoms. The number of carboxylic acid groups (broad SMARTS) is 2. The van der Waals surface area contributed by atoms with Crippen LogP contribution in [0.5, 0.6) is 5.75 Å². The predicted molar refractivity (Wildman–Crippen MR) is 143 cm³/mol. The zero-order valence-electron chi connectivity index (χ0n) is 22.3. The summed E-state index contributed by atoms with van der Waals surface area (Å²) < 4.78 is 36.9. The van der Waals surface area contributed by atoms with Gasteiger partial charge in [-0.2, -0.15) is 13.2 Å². The molecule has 2 aromatic rings. The Labute approximate surface area is 234 Å². The number of halogens is 3. The number of ether oxygens (including phenoxy) is 1. The van der Waals surface area contributed by atoms with Gasteiger partial charge in [-0.1, -0.05) is 36.4 Å². The van der Waals surface area contributed by atoms with Crippen LogP contribution in [0, 0.1) is 5.41 Å². The van der Waals surface area contributed by atoms with Gasteiger partial charge in [-0.15, -0.1) is 0 Å². The molecule has 0 saturated heterocycles. The lowest BCUT2D eigenvalue weighted by atomic mass is 10.1. The predicted octanol–water partition coefficient (Wildman–Crippen LogP) is 2.64. The number of hydrogen-bond acceptors (Lipinski definition) is 6. The highest BCUT2D eigenvalue weighted by Gasteiger charge is 2.38. The Morgan fingerprint density at radius 3 is 2.02 bits per heavy atom. The summed E-state index contributed by atoms with van der Waals surface area (Å²) in [6.45, 7) is 0.377. The molecule has 0 aliphatic carbocycles. The van der Waals surface area contributed by atoms with E-state index in [1.165, 1.54) is 0 Å². The van der Waals surface area contributed by atoms with E-state index in [-0.39, 0.29) is 36.9 Å². The van der Waals surface area contributed by atoms with Crippen molar-refractivity contribution in [3.8, 4) is 5.75 Å². The minimum Gasteiger partial charge on any atom is -0.497 e. The van der Waals surface area contributed by atoms with Crippen LogP contribution in [0.15, 0.2) is 48.5 Å². The third kappa shape index (κ3) is 14.9. The van der Waals surface area contributed by atoms with Crippen LogP contribution in [0.3, 0.4) is 0 Å². The van der Waals surface area contributed by atoms with Crippen molar-refractivity contribution in [1.29, 1.82) is 5.41 Å². The zero-order chi connectivity index (χ0) is 31.0. The van der Waals surface area contributed by atoms with Crippen molar-refractivity contribution in [2.45, 2.75) is 50.7 Å². The minimum atomic E-state index is -5.08. The highest BCUT2D eigenvalue weighted by atomic mass is 19.4. The number of hydrogen-bond donors (Lipinski definition) is 6. The van der Waals surface area contributed by atoms with E-state index in [1.807, 2.05) is 24.3 Å². The lowest BCUT2D eigenvalue weighted by Gasteiger charge is -2.17. The lowest BCUT2D eigenvalue weighted by Crippen LogP contribution is -2.37. The molecule has 41 heavy (non-hydrogen) atoms. The molecule has 2 amide bonds. The second kappa shape index (κ2) is 17.2. The van der Waals surface area contributed by atoms with Crippen LogP contribution < -0.4 is 21.1 Å². The maximum absolute atomic E-state index is 12.3. The van der Waals surface area contributed by atoms with Crippen molar-refractivity contribution in [1.82, 2.24) is 10.6 Å². The Morgan fingerprint density at radius 2 is 1.54 bits per heavy atom. The highest BCUT2D eigenvalue weighted by Crippen LogP contribution is 2.14. The summed E-state index contributed by atoms with van der Waals surface area (Å²) in [6.07, 6.45) is -3.30. The van der Waals surface area contributed by atoms with Gasteiger partial charge in [-0.05, 0) is 42.5 Å². The number of benzene rings is 2. The van der Waals surface area contributed by atoms with E-state index in [4.69, 9.17) is 30.9 Å². The van der Waals surface area contributed by atoms with Gasteiger partial charge in [-0.3, -0.25) is 19.8 Å². The summed E-state index contributed by atoms with van der Waals surface area (Å²) in [5.74, 6) is -3.40. The molecule has 0 aromatic heterocycles. The van der Waals surface area contributed by atoms with Crippen LogP contribution in [-0.2, 0) is 32.0 Å². The molecular weight excluding hydrogens is 549 g/mol. The number of carbonyl (C=O) groups is 4. The first-order chi connectivity index (χ1) is 19.2. The molecule has 11 nitrogen and oxygen atoms in total. The van der Waals surface area contributed by atoms with Crippen molar-refractivity contribution in [3.63, 3.8) is 0 Å².